The van der Waals surface area contributed by atoms with E-state index in [1.165, 1.54) is 6.07 Å². The first-order valence-electron chi connectivity index (χ1n) is 4.56. The van der Waals surface area contributed by atoms with Crippen LogP contribution in [0.1, 0.15) is 11.1 Å². The molecular weight excluding hydrogens is 191 g/mol. The van der Waals surface area contributed by atoms with Crippen molar-refractivity contribution in [2.24, 2.45) is 0 Å². The Hall–Kier alpha value is -1.84. The molecule has 0 heterocycles. The van der Waals surface area contributed by atoms with Crippen molar-refractivity contribution in [1.29, 1.82) is 5.26 Å². The third-order valence-corrected chi connectivity index (χ3v) is 1.81. The van der Waals surface area contributed by atoms with Gasteiger partial charge in [0, 0.05) is 11.1 Å². The first-order chi connectivity index (χ1) is 7.27. The van der Waals surface area contributed by atoms with Crippen molar-refractivity contribution in [1.82, 2.24) is 5.32 Å². The largest absolute Gasteiger partial charge is 0.309 e. The van der Waals surface area contributed by atoms with Crippen LogP contribution in [-0.4, -0.2) is 13.6 Å². The number of benzene rings is 1. The van der Waals surface area contributed by atoms with Crippen LogP contribution < -0.4 is 5.32 Å². The monoisotopic (exact) mass is 202 g/mol. The van der Waals surface area contributed by atoms with E-state index in [0.29, 0.717) is 12.1 Å². The lowest BCUT2D eigenvalue weighted by Gasteiger charge is -1.98. The summed E-state index contributed by atoms with van der Waals surface area (Å²) < 4.78 is 13.1. The van der Waals surface area contributed by atoms with Crippen molar-refractivity contribution < 1.29 is 4.39 Å². The molecule has 0 aliphatic heterocycles. The number of nitriles is 1. The van der Waals surface area contributed by atoms with E-state index in [1.54, 1.807) is 19.2 Å². The zero-order valence-electron chi connectivity index (χ0n) is 8.47. The minimum atomic E-state index is -0.351. The van der Waals surface area contributed by atoms with E-state index in [2.05, 4.69) is 17.2 Å². The van der Waals surface area contributed by atoms with E-state index in [1.807, 2.05) is 6.07 Å². The number of halogens is 1. The Morgan fingerprint density at radius 3 is 2.93 bits per heavy atom. The van der Waals surface area contributed by atoms with Gasteiger partial charge in [-0.1, -0.05) is 11.8 Å². The molecule has 0 radical (unpaired) electrons. The Balaban J connectivity index is 2.89. The van der Waals surface area contributed by atoms with Crippen LogP contribution in [0.2, 0.25) is 0 Å². The van der Waals surface area contributed by atoms with Gasteiger partial charge in [-0.2, -0.15) is 5.26 Å². The van der Waals surface area contributed by atoms with E-state index in [9.17, 15) is 4.39 Å². The van der Waals surface area contributed by atoms with E-state index >= 15 is 0 Å². The molecule has 0 spiro atoms. The van der Waals surface area contributed by atoms with Crippen LogP contribution in [-0.2, 0) is 6.42 Å². The van der Waals surface area contributed by atoms with Gasteiger partial charge in [-0.3, -0.25) is 0 Å². The minimum absolute atomic E-state index is 0.0768. The standard InChI is InChI=1S/C12H11FN2/c1-15-8-2-3-10-4-5-12(13)11(9-10)6-7-14/h4-5,9,15H,6,8H2,1H3. The van der Waals surface area contributed by atoms with Crippen LogP contribution >= 0.6 is 0 Å². The van der Waals surface area contributed by atoms with Crippen molar-refractivity contribution in [2.45, 2.75) is 6.42 Å². The van der Waals surface area contributed by atoms with Crippen LogP contribution in [0.4, 0.5) is 4.39 Å². The fraction of sp³-hybridized carbons (Fsp3) is 0.250. The molecule has 76 valence electrons. The van der Waals surface area contributed by atoms with E-state index < -0.39 is 0 Å². The van der Waals surface area contributed by atoms with Crippen molar-refractivity contribution in [2.75, 3.05) is 13.6 Å². The number of rotatable bonds is 2. The lowest BCUT2D eigenvalue weighted by molar-refractivity contribution is 0.615. The summed E-state index contributed by atoms with van der Waals surface area (Å²) in [5.74, 6) is 5.41. The number of nitrogens with zero attached hydrogens (tertiary/aromatic N) is 1. The van der Waals surface area contributed by atoms with E-state index in [-0.39, 0.29) is 12.2 Å². The van der Waals surface area contributed by atoms with Gasteiger partial charge in [-0.25, -0.2) is 4.39 Å². The summed E-state index contributed by atoms with van der Waals surface area (Å²) in [5.41, 5.74) is 1.13. The van der Waals surface area contributed by atoms with E-state index in [4.69, 9.17) is 5.26 Å². The molecule has 1 rings (SSSR count). The topological polar surface area (TPSA) is 35.8 Å². The fourth-order valence-corrected chi connectivity index (χ4v) is 1.11. The molecule has 1 N–H and O–H groups in total. The second kappa shape index (κ2) is 5.80. The van der Waals surface area contributed by atoms with Gasteiger partial charge < -0.3 is 5.32 Å². The first-order valence-corrected chi connectivity index (χ1v) is 4.56. The molecule has 0 saturated heterocycles. The maximum atomic E-state index is 13.1. The quantitative estimate of drug-likeness (QED) is 0.737. The molecule has 0 atom stereocenters. The highest BCUT2D eigenvalue weighted by molar-refractivity contribution is 5.38. The smallest absolute Gasteiger partial charge is 0.127 e. The zero-order chi connectivity index (χ0) is 11.1. The van der Waals surface area contributed by atoms with Crippen LogP contribution in [0.3, 0.4) is 0 Å². The maximum absolute atomic E-state index is 13.1. The predicted molar refractivity (Wildman–Crippen MR) is 56.5 cm³/mol. The summed E-state index contributed by atoms with van der Waals surface area (Å²) in [6.45, 7) is 0.588. The molecule has 3 heteroatoms. The van der Waals surface area contributed by atoms with Gasteiger partial charge in [0.05, 0.1) is 19.0 Å². The van der Waals surface area contributed by atoms with Crippen molar-refractivity contribution >= 4 is 0 Å². The van der Waals surface area contributed by atoms with Gasteiger partial charge in [-0.15, -0.1) is 0 Å². The summed E-state index contributed by atoms with van der Waals surface area (Å²) in [6, 6.07) is 6.48. The maximum Gasteiger partial charge on any atom is 0.127 e. The Bertz CT molecular complexity index is 435. The second-order valence-electron chi connectivity index (χ2n) is 2.97. The van der Waals surface area contributed by atoms with Crippen molar-refractivity contribution in [3.8, 4) is 17.9 Å². The van der Waals surface area contributed by atoms with Gasteiger partial charge in [0.1, 0.15) is 5.82 Å². The first kappa shape index (κ1) is 11.2. The van der Waals surface area contributed by atoms with Gasteiger partial charge in [0.15, 0.2) is 0 Å². The molecule has 0 aliphatic carbocycles. The summed E-state index contributed by atoms with van der Waals surface area (Å²) in [4.78, 5) is 0. The molecule has 2 nitrogen and oxygen atoms in total. The summed E-state index contributed by atoms with van der Waals surface area (Å²) in [7, 11) is 1.81. The summed E-state index contributed by atoms with van der Waals surface area (Å²) in [6.07, 6.45) is 0.0768. The average molecular weight is 202 g/mol. The number of hydrogen-bond donors (Lipinski definition) is 1. The van der Waals surface area contributed by atoms with Gasteiger partial charge in [-0.05, 0) is 25.2 Å². The Morgan fingerprint density at radius 2 is 2.27 bits per heavy atom. The van der Waals surface area contributed by atoms with Crippen LogP contribution in [0.15, 0.2) is 18.2 Å². The predicted octanol–water partition coefficient (Wildman–Crippen LogP) is 1.46. The Kier molecular flexibility index (Phi) is 4.34. The van der Waals surface area contributed by atoms with Gasteiger partial charge in [0.2, 0.25) is 0 Å². The lowest BCUT2D eigenvalue weighted by atomic mass is 10.1. The minimum Gasteiger partial charge on any atom is -0.309 e. The lowest BCUT2D eigenvalue weighted by Crippen LogP contribution is -2.04. The molecule has 0 saturated carbocycles. The highest BCUT2D eigenvalue weighted by atomic mass is 19.1. The Labute approximate surface area is 88.7 Å². The average Bonchev–Trinajstić information content (AvgIpc) is 2.23. The molecule has 1 aromatic rings. The van der Waals surface area contributed by atoms with Crippen LogP contribution in [0.25, 0.3) is 0 Å². The second-order valence-corrected chi connectivity index (χ2v) is 2.97. The number of hydrogen-bond acceptors (Lipinski definition) is 2. The normalized spacial score (nSPS) is 8.87. The molecule has 0 amide bonds. The van der Waals surface area contributed by atoms with Gasteiger partial charge >= 0.3 is 0 Å². The molecule has 0 fully saturated rings. The number of nitrogens with one attached hydrogen (secondary N) is 1. The molecular formula is C12H11FN2. The fourth-order valence-electron chi connectivity index (χ4n) is 1.11. The molecule has 0 aromatic heterocycles. The molecule has 15 heavy (non-hydrogen) atoms. The molecule has 0 aliphatic rings. The highest BCUT2D eigenvalue weighted by Gasteiger charge is 2.01. The third kappa shape index (κ3) is 3.42. The van der Waals surface area contributed by atoms with Crippen molar-refractivity contribution in [3.63, 3.8) is 0 Å². The van der Waals surface area contributed by atoms with Gasteiger partial charge in [0.25, 0.3) is 0 Å². The summed E-state index contributed by atoms with van der Waals surface area (Å²) >= 11 is 0. The zero-order valence-corrected chi connectivity index (χ0v) is 8.47. The Morgan fingerprint density at radius 1 is 1.47 bits per heavy atom. The molecule has 0 unspecified atom stereocenters. The highest BCUT2D eigenvalue weighted by Crippen LogP contribution is 2.10. The van der Waals surface area contributed by atoms with Crippen molar-refractivity contribution in [3.05, 3.63) is 35.1 Å². The third-order valence-electron chi connectivity index (χ3n) is 1.81. The van der Waals surface area contributed by atoms with Crippen LogP contribution in [0, 0.1) is 29.0 Å². The molecule has 1 aromatic carbocycles. The summed E-state index contributed by atoms with van der Waals surface area (Å²) in [5, 5.41) is 11.4. The van der Waals surface area contributed by atoms with E-state index in [0.717, 1.165) is 5.56 Å². The van der Waals surface area contributed by atoms with Crippen LogP contribution in [0.5, 0.6) is 0 Å². The SMILES string of the molecule is CNCC#Cc1ccc(F)c(CC#N)c1. The molecule has 0 bridgehead atoms.